The second kappa shape index (κ2) is 9.82. The fourth-order valence-electron chi connectivity index (χ4n) is 2.98. The third kappa shape index (κ3) is 5.43. The van der Waals surface area contributed by atoms with Gasteiger partial charge in [-0.15, -0.1) is 11.3 Å². The molecule has 0 atom stereocenters. The van der Waals surface area contributed by atoms with E-state index in [2.05, 4.69) is 10.3 Å². The van der Waals surface area contributed by atoms with Gasteiger partial charge in [-0.1, -0.05) is 24.3 Å². The van der Waals surface area contributed by atoms with E-state index in [4.69, 9.17) is 9.72 Å². The highest BCUT2D eigenvalue weighted by Gasteiger charge is 2.08. The number of amides is 1. The van der Waals surface area contributed by atoms with Gasteiger partial charge < -0.3 is 10.1 Å². The number of carbonyl (C=O) groups excluding carboxylic acids is 1. The molecule has 0 aliphatic rings. The van der Waals surface area contributed by atoms with Gasteiger partial charge in [-0.2, -0.15) is 0 Å². The number of benzene rings is 2. The van der Waals surface area contributed by atoms with Crippen molar-refractivity contribution in [2.24, 2.45) is 0 Å². The molecule has 0 aliphatic carbocycles. The molecule has 0 aliphatic heterocycles. The van der Waals surface area contributed by atoms with E-state index in [9.17, 15) is 4.79 Å². The smallest absolute Gasteiger partial charge is 0.248 e. The molecular formula is C25H21N3O2S. The molecule has 2 heterocycles. The Balaban J connectivity index is 1.42. The molecule has 4 aromatic rings. The second-order valence-electron chi connectivity index (χ2n) is 6.69. The molecule has 5 nitrogen and oxygen atoms in total. The molecule has 0 unspecified atom stereocenters. The van der Waals surface area contributed by atoms with E-state index in [1.165, 1.54) is 6.08 Å². The minimum absolute atomic E-state index is 0.194. The molecule has 0 spiro atoms. The first kappa shape index (κ1) is 20.5. The van der Waals surface area contributed by atoms with E-state index in [1.54, 1.807) is 29.8 Å². The first-order valence-electron chi connectivity index (χ1n) is 9.89. The highest BCUT2D eigenvalue weighted by atomic mass is 32.1. The largest absolute Gasteiger partial charge is 0.494 e. The van der Waals surface area contributed by atoms with Gasteiger partial charge in [0.05, 0.1) is 12.3 Å². The van der Waals surface area contributed by atoms with Gasteiger partial charge in [-0.05, 0) is 55.0 Å². The van der Waals surface area contributed by atoms with Crippen LogP contribution < -0.4 is 10.1 Å². The van der Waals surface area contributed by atoms with E-state index < -0.39 is 0 Å². The predicted molar refractivity (Wildman–Crippen MR) is 126 cm³/mol. The van der Waals surface area contributed by atoms with Gasteiger partial charge in [0.2, 0.25) is 5.91 Å². The predicted octanol–water partition coefficient (Wildman–Crippen LogP) is 5.92. The number of carbonyl (C=O) groups is 1. The molecule has 31 heavy (non-hydrogen) atoms. The standard InChI is InChI=1S/C25H21N3O2S/c1-2-30-22-11-8-18(9-12-22)10-13-24(29)27-21-7-3-5-19(15-21)23-17-31-25(28-23)20-6-4-14-26-16-20/h3-17H,2H2,1H3,(H,27,29)/b13-10+. The van der Waals surface area contributed by atoms with Crippen molar-refractivity contribution >= 4 is 29.0 Å². The van der Waals surface area contributed by atoms with Gasteiger partial charge in [0.15, 0.2) is 0 Å². The zero-order chi connectivity index (χ0) is 21.5. The van der Waals surface area contributed by atoms with E-state index in [0.29, 0.717) is 6.61 Å². The maximum Gasteiger partial charge on any atom is 0.248 e. The number of pyridine rings is 1. The highest BCUT2D eigenvalue weighted by molar-refractivity contribution is 7.13. The summed E-state index contributed by atoms with van der Waals surface area (Å²) in [5.74, 6) is 0.620. The lowest BCUT2D eigenvalue weighted by Crippen LogP contribution is -2.07. The number of thiazole rings is 1. The Bertz CT molecular complexity index is 1180. The summed E-state index contributed by atoms with van der Waals surface area (Å²) >= 11 is 1.57. The Labute approximate surface area is 185 Å². The number of hydrogen-bond donors (Lipinski definition) is 1. The van der Waals surface area contributed by atoms with Crippen molar-refractivity contribution in [3.63, 3.8) is 0 Å². The Morgan fingerprint density at radius 1 is 1.10 bits per heavy atom. The topological polar surface area (TPSA) is 64.1 Å². The van der Waals surface area contributed by atoms with Crippen molar-refractivity contribution in [3.8, 4) is 27.6 Å². The van der Waals surface area contributed by atoms with Crippen LogP contribution in [0.1, 0.15) is 12.5 Å². The van der Waals surface area contributed by atoms with Crippen LogP contribution in [0.3, 0.4) is 0 Å². The summed E-state index contributed by atoms with van der Waals surface area (Å²) in [5, 5.41) is 5.83. The molecule has 0 bridgehead atoms. The van der Waals surface area contributed by atoms with Crippen molar-refractivity contribution in [1.29, 1.82) is 0 Å². The van der Waals surface area contributed by atoms with Gasteiger partial charge in [-0.3, -0.25) is 9.78 Å². The number of nitrogens with zero attached hydrogens (tertiary/aromatic N) is 2. The quantitative estimate of drug-likeness (QED) is 0.372. The Hall–Kier alpha value is -3.77. The van der Waals surface area contributed by atoms with Crippen LogP contribution in [-0.4, -0.2) is 22.5 Å². The fraction of sp³-hybridized carbons (Fsp3) is 0.0800. The molecular weight excluding hydrogens is 406 g/mol. The highest BCUT2D eigenvalue weighted by Crippen LogP contribution is 2.29. The monoisotopic (exact) mass is 427 g/mol. The SMILES string of the molecule is CCOc1ccc(/C=C/C(=O)Nc2cccc(-c3csc(-c4cccnc4)n3)c2)cc1. The van der Waals surface area contributed by atoms with Crippen LogP contribution in [0.5, 0.6) is 5.75 Å². The zero-order valence-electron chi connectivity index (χ0n) is 17.0. The van der Waals surface area contributed by atoms with Crippen LogP contribution in [-0.2, 0) is 4.79 Å². The minimum Gasteiger partial charge on any atom is -0.494 e. The van der Waals surface area contributed by atoms with Gasteiger partial charge >= 0.3 is 0 Å². The lowest BCUT2D eigenvalue weighted by Gasteiger charge is -2.05. The molecule has 0 saturated carbocycles. The van der Waals surface area contributed by atoms with Crippen LogP contribution in [0.4, 0.5) is 5.69 Å². The maximum absolute atomic E-state index is 12.3. The third-order valence-corrected chi connectivity index (χ3v) is 5.35. The van der Waals surface area contributed by atoms with E-state index >= 15 is 0 Å². The molecule has 154 valence electrons. The van der Waals surface area contributed by atoms with Crippen LogP contribution >= 0.6 is 11.3 Å². The van der Waals surface area contributed by atoms with Crippen LogP contribution in [0.15, 0.2) is 84.5 Å². The van der Waals surface area contributed by atoms with Crippen molar-refractivity contribution < 1.29 is 9.53 Å². The van der Waals surface area contributed by atoms with Crippen LogP contribution in [0, 0.1) is 0 Å². The summed E-state index contributed by atoms with van der Waals surface area (Å²) in [7, 11) is 0. The Kier molecular flexibility index (Phi) is 6.50. The zero-order valence-corrected chi connectivity index (χ0v) is 17.8. The van der Waals surface area contributed by atoms with Crippen molar-refractivity contribution in [1.82, 2.24) is 9.97 Å². The molecule has 1 amide bonds. The third-order valence-electron chi connectivity index (χ3n) is 4.46. The van der Waals surface area contributed by atoms with E-state index in [-0.39, 0.29) is 5.91 Å². The summed E-state index contributed by atoms with van der Waals surface area (Å²) in [4.78, 5) is 21.2. The van der Waals surface area contributed by atoms with Gasteiger partial charge in [0.1, 0.15) is 10.8 Å². The summed E-state index contributed by atoms with van der Waals surface area (Å²) in [6, 6.07) is 19.2. The van der Waals surface area contributed by atoms with Gasteiger partial charge in [-0.25, -0.2) is 4.98 Å². The van der Waals surface area contributed by atoms with Crippen molar-refractivity contribution in [2.45, 2.75) is 6.92 Å². The molecule has 2 aromatic carbocycles. The summed E-state index contributed by atoms with van der Waals surface area (Å²) in [6.07, 6.45) is 6.84. The molecule has 0 saturated heterocycles. The number of ether oxygens (including phenoxy) is 1. The average Bonchev–Trinajstić information content (AvgIpc) is 3.30. The number of hydrogen-bond acceptors (Lipinski definition) is 5. The summed E-state index contributed by atoms with van der Waals surface area (Å²) in [5.41, 5.74) is 4.44. The number of aromatic nitrogens is 2. The lowest BCUT2D eigenvalue weighted by atomic mass is 10.1. The summed E-state index contributed by atoms with van der Waals surface area (Å²) < 4.78 is 5.43. The number of rotatable bonds is 7. The average molecular weight is 428 g/mol. The molecule has 0 radical (unpaired) electrons. The molecule has 6 heteroatoms. The molecule has 1 N–H and O–H groups in total. The maximum atomic E-state index is 12.3. The molecule has 0 fully saturated rings. The minimum atomic E-state index is -0.194. The first-order chi connectivity index (χ1) is 15.2. The second-order valence-corrected chi connectivity index (χ2v) is 7.54. The molecule has 4 rings (SSSR count). The van der Waals surface area contributed by atoms with Crippen molar-refractivity contribution in [2.75, 3.05) is 11.9 Å². The van der Waals surface area contributed by atoms with Crippen LogP contribution in [0.25, 0.3) is 27.9 Å². The summed E-state index contributed by atoms with van der Waals surface area (Å²) in [6.45, 7) is 2.57. The number of nitrogens with one attached hydrogen (secondary N) is 1. The first-order valence-corrected chi connectivity index (χ1v) is 10.8. The normalized spacial score (nSPS) is 10.9. The number of anilines is 1. The lowest BCUT2D eigenvalue weighted by molar-refractivity contribution is -0.111. The Morgan fingerprint density at radius 3 is 2.71 bits per heavy atom. The van der Waals surface area contributed by atoms with E-state index in [1.807, 2.05) is 73.0 Å². The van der Waals surface area contributed by atoms with E-state index in [0.717, 1.165) is 38.8 Å². The van der Waals surface area contributed by atoms with Crippen LogP contribution in [0.2, 0.25) is 0 Å². The van der Waals surface area contributed by atoms with Crippen molar-refractivity contribution in [3.05, 3.63) is 90.1 Å². The van der Waals surface area contributed by atoms with Gasteiger partial charge in [0.25, 0.3) is 0 Å². The Morgan fingerprint density at radius 2 is 1.94 bits per heavy atom. The molecule has 2 aromatic heterocycles. The fourth-order valence-corrected chi connectivity index (χ4v) is 3.80. The van der Waals surface area contributed by atoms with Gasteiger partial charge in [0, 0.05) is 40.7 Å².